The highest BCUT2D eigenvalue weighted by atomic mass is 16.5. The maximum atomic E-state index is 12.5. The van der Waals surface area contributed by atoms with Crippen LogP contribution in [0.25, 0.3) is 0 Å². The third kappa shape index (κ3) is 4.15. The molecule has 1 amide bonds. The Morgan fingerprint density at radius 2 is 1.77 bits per heavy atom. The van der Waals surface area contributed by atoms with Crippen LogP contribution in [-0.2, 0) is 0 Å². The number of carbonyl (C=O) groups excluding carboxylic acids is 1. The lowest BCUT2D eigenvalue weighted by atomic mass is 10.2. The molecular weight excluding hydrogens is 332 g/mol. The summed E-state index contributed by atoms with van der Waals surface area (Å²) in [5, 5.41) is 9.69. The standard InChI is InChI=1S/C18H20N6O2/c1-11-9-17(23-26-11)22-16-10-15(19-12(2)20-16)18(25)21-13-5-7-14(8-6-13)24(3)4/h5-10H,1-4H3,(H,21,25)(H,19,20,22,23). The Kier molecular flexibility index (Phi) is 4.83. The first kappa shape index (κ1) is 17.4. The van der Waals surface area contributed by atoms with Gasteiger partial charge in [-0.05, 0) is 38.1 Å². The third-order valence-corrected chi connectivity index (χ3v) is 3.60. The Bertz CT molecular complexity index is 918. The molecular formula is C18H20N6O2. The highest BCUT2D eigenvalue weighted by Gasteiger charge is 2.12. The van der Waals surface area contributed by atoms with Crippen molar-refractivity contribution in [3.63, 3.8) is 0 Å². The topological polar surface area (TPSA) is 96.2 Å². The number of carbonyl (C=O) groups is 1. The predicted octanol–water partition coefficient (Wildman–Crippen LogP) is 3.14. The number of aromatic nitrogens is 3. The Hall–Kier alpha value is -3.42. The lowest BCUT2D eigenvalue weighted by Crippen LogP contribution is -2.15. The van der Waals surface area contributed by atoms with E-state index in [4.69, 9.17) is 4.52 Å². The van der Waals surface area contributed by atoms with Gasteiger partial charge in [-0.1, -0.05) is 5.16 Å². The molecule has 0 spiro atoms. The number of amides is 1. The van der Waals surface area contributed by atoms with Crippen LogP contribution in [-0.4, -0.2) is 35.1 Å². The molecule has 8 nitrogen and oxygen atoms in total. The molecule has 0 bridgehead atoms. The fraction of sp³-hybridized carbons (Fsp3) is 0.222. The van der Waals surface area contributed by atoms with E-state index in [0.29, 0.717) is 28.9 Å². The fourth-order valence-corrected chi connectivity index (χ4v) is 2.34. The van der Waals surface area contributed by atoms with Crippen molar-refractivity contribution in [3.8, 4) is 0 Å². The zero-order valence-corrected chi connectivity index (χ0v) is 15.1. The monoisotopic (exact) mass is 352 g/mol. The van der Waals surface area contributed by atoms with Gasteiger partial charge in [-0.3, -0.25) is 4.79 Å². The summed E-state index contributed by atoms with van der Waals surface area (Å²) < 4.78 is 5.01. The van der Waals surface area contributed by atoms with Gasteiger partial charge in [0.05, 0.1) is 0 Å². The molecule has 2 heterocycles. The van der Waals surface area contributed by atoms with Gasteiger partial charge in [0.2, 0.25) is 0 Å². The summed E-state index contributed by atoms with van der Waals surface area (Å²) in [6, 6.07) is 10.9. The molecule has 2 aromatic heterocycles. The quantitative estimate of drug-likeness (QED) is 0.728. The van der Waals surface area contributed by atoms with Gasteiger partial charge in [0, 0.05) is 37.6 Å². The third-order valence-electron chi connectivity index (χ3n) is 3.60. The molecule has 8 heteroatoms. The molecule has 0 aliphatic heterocycles. The normalized spacial score (nSPS) is 10.5. The van der Waals surface area contributed by atoms with Crippen molar-refractivity contribution in [3.05, 3.63) is 53.7 Å². The molecule has 0 aliphatic rings. The van der Waals surface area contributed by atoms with E-state index in [1.165, 1.54) is 0 Å². The molecule has 3 aromatic rings. The number of rotatable bonds is 5. The first-order valence-corrected chi connectivity index (χ1v) is 8.05. The molecule has 3 rings (SSSR count). The van der Waals surface area contributed by atoms with E-state index in [9.17, 15) is 4.79 Å². The largest absolute Gasteiger partial charge is 0.378 e. The number of nitrogens with one attached hydrogen (secondary N) is 2. The lowest BCUT2D eigenvalue weighted by Gasteiger charge is -2.13. The highest BCUT2D eigenvalue weighted by molar-refractivity contribution is 6.03. The van der Waals surface area contributed by atoms with Crippen LogP contribution in [0.1, 0.15) is 22.1 Å². The van der Waals surface area contributed by atoms with Crippen molar-refractivity contribution in [2.24, 2.45) is 0 Å². The Morgan fingerprint density at radius 1 is 1.04 bits per heavy atom. The lowest BCUT2D eigenvalue weighted by molar-refractivity contribution is 0.102. The van der Waals surface area contributed by atoms with E-state index in [1.54, 1.807) is 26.0 Å². The molecule has 134 valence electrons. The van der Waals surface area contributed by atoms with Crippen LogP contribution in [0.15, 0.2) is 40.9 Å². The second kappa shape index (κ2) is 7.22. The van der Waals surface area contributed by atoms with Crippen molar-refractivity contribution in [1.29, 1.82) is 0 Å². The van der Waals surface area contributed by atoms with Crippen LogP contribution < -0.4 is 15.5 Å². The van der Waals surface area contributed by atoms with Gasteiger partial charge in [0.15, 0.2) is 5.82 Å². The molecule has 0 saturated carbocycles. The summed E-state index contributed by atoms with van der Waals surface area (Å²) in [6.45, 7) is 3.52. The van der Waals surface area contributed by atoms with Crippen molar-refractivity contribution in [2.45, 2.75) is 13.8 Å². The van der Waals surface area contributed by atoms with Crippen molar-refractivity contribution < 1.29 is 9.32 Å². The summed E-state index contributed by atoms with van der Waals surface area (Å²) in [7, 11) is 3.92. The molecule has 0 fully saturated rings. The highest BCUT2D eigenvalue weighted by Crippen LogP contribution is 2.18. The maximum Gasteiger partial charge on any atom is 0.274 e. The summed E-state index contributed by atoms with van der Waals surface area (Å²) in [4.78, 5) is 23.0. The van der Waals surface area contributed by atoms with E-state index < -0.39 is 0 Å². The van der Waals surface area contributed by atoms with E-state index in [2.05, 4.69) is 25.8 Å². The summed E-state index contributed by atoms with van der Waals surface area (Å²) in [5.41, 5.74) is 2.01. The number of aryl methyl sites for hydroxylation is 2. The van der Waals surface area contributed by atoms with Crippen molar-refractivity contribution in [2.75, 3.05) is 29.6 Å². The van der Waals surface area contributed by atoms with Crippen molar-refractivity contribution >= 4 is 28.9 Å². The van der Waals surface area contributed by atoms with Gasteiger partial charge in [-0.2, -0.15) is 0 Å². The number of hydrogen-bond acceptors (Lipinski definition) is 7. The molecule has 1 aromatic carbocycles. The predicted molar refractivity (Wildman–Crippen MR) is 100 cm³/mol. The smallest absolute Gasteiger partial charge is 0.274 e. The average molecular weight is 352 g/mol. The minimum absolute atomic E-state index is 0.261. The van der Waals surface area contributed by atoms with E-state index in [-0.39, 0.29) is 11.6 Å². The molecule has 0 saturated heterocycles. The SMILES string of the molecule is Cc1nc(Nc2cc(C)on2)cc(C(=O)Nc2ccc(N(C)C)cc2)n1. The summed E-state index contributed by atoms with van der Waals surface area (Å²) >= 11 is 0. The zero-order valence-electron chi connectivity index (χ0n) is 15.1. The maximum absolute atomic E-state index is 12.5. The van der Waals surface area contributed by atoms with Gasteiger partial charge in [0.1, 0.15) is 23.1 Å². The fourth-order valence-electron chi connectivity index (χ4n) is 2.34. The van der Waals surface area contributed by atoms with Crippen LogP contribution >= 0.6 is 0 Å². The van der Waals surface area contributed by atoms with Crippen LogP contribution in [0.3, 0.4) is 0 Å². The number of nitrogens with zero attached hydrogens (tertiary/aromatic N) is 4. The van der Waals surface area contributed by atoms with Gasteiger partial charge in [-0.15, -0.1) is 0 Å². The van der Waals surface area contributed by atoms with Crippen LogP contribution in [0.4, 0.5) is 23.0 Å². The van der Waals surface area contributed by atoms with Gasteiger partial charge in [0.25, 0.3) is 5.91 Å². The molecule has 2 N–H and O–H groups in total. The zero-order chi connectivity index (χ0) is 18.7. The van der Waals surface area contributed by atoms with Crippen LogP contribution in [0.2, 0.25) is 0 Å². The van der Waals surface area contributed by atoms with Crippen LogP contribution in [0, 0.1) is 13.8 Å². The van der Waals surface area contributed by atoms with E-state index in [0.717, 1.165) is 5.69 Å². The Balaban J connectivity index is 1.76. The Morgan fingerprint density at radius 3 is 2.38 bits per heavy atom. The minimum Gasteiger partial charge on any atom is -0.378 e. The molecule has 0 aliphatic carbocycles. The van der Waals surface area contributed by atoms with Gasteiger partial charge in [-0.25, -0.2) is 9.97 Å². The number of hydrogen-bond donors (Lipinski definition) is 2. The van der Waals surface area contributed by atoms with E-state index in [1.807, 2.05) is 43.3 Å². The number of anilines is 4. The molecule has 0 radical (unpaired) electrons. The first-order chi connectivity index (χ1) is 12.4. The molecule has 26 heavy (non-hydrogen) atoms. The second-order valence-corrected chi connectivity index (χ2v) is 6.03. The summed E-state index contributed by atoms with van der Waals surface area (Å²) in [6.07, 6.45) is 0. The second-order valence-electron chi connectivity index (χ2n) is 6.03. The Labute approximate surface area is 151 Å². The van der Waals surface area contributed by atoms with Gasteiger partial charge >= 0.3 is 0 Å². The average Bonchev–Trinajstić information content (AvgIpc) is 2.99. The number of benzene rings is 1. The molecule has 0 unspecified atom stereocenters. The summed E-state index contributed by atoms with van der Waals surface area (Å²) in [5.74, 6) is 1.83. The van der Waals surface area contributed by atoms with E-state index >= 15 is 0 Å². The minimum atomic E-state index is -0.313. The van der Waals surface area contributed by atoms with Gasteiger partial charge < -0.3 is 20.1 Å². The first-order valence-electron chi connectivity index (χ1n) is 8.05. The van der Waals surface area contributed by atoms with Crippen LogP contribution in [0.5, 0.6) is 0 Å². The molecule has 0 atom stereocenters. The van der Waals surface area contributed by atoms with Crippen molar-refractivity contribution in [1.82, 2.24) is 15.1 Å².